The van der Waals surface area contributed by atoms with Crippen LogP contribution in [-0.2, 0) is 4.79 Å². The number of carbonyl (C=O) groups excluding carboxylic acids is 1. The van der Waals surface area contributed by atoms with E-state index < -0.39 is 35.2 Å². The van der Waals surface area contributed by atoms with Crippen LogP contribution in [0.5, 0.6) is 0 Å². The van der Waals surface area contributed by atoms with Crippen molar-refractivity contribution in [3.8, 4) is 6.07 Å². The van der Waals surface area contributed by atoms with Gasteiger partial charge in [0.25, 0.3) is 12.3 Å². The predicted molar refractivity (Wildman–Crippen MR) is 98.2 cm³/mol. The fraction of sp³-hybridized carbons (Fsp3) is 0.350. The molecular weight excluding hydrogens is 388 g/mol. The number of halogens is 4. The van der Waals surface area contributed by atoms with Gasteiger partial charge < -0.3 is 10.6 Å². The number of benzene rings is 1. The van der Waals surface area contributed by atoms with Crippen LogP contribution < -0.4 is 10.6 Å². The Morgan fingerprint density at radius 3 is 2.41 bits per heavy atom. The SMILES string of the molecule is CNC(=O)C1(C)C(c2ccc(Nc3cnc(C)c(C#N)c3C(F)F)cc2)C1(F)F. The molecule has 1 fully saturated rings. The molecule has 9 heteroatoms. The summed E-state index contributed by atoms with van der Waals surface area (Å²) in [6, 6.07) is 7.48. The van der Waals surface area contributed by atoms with Crippen LogP contribution in [0.3, 0.4) is 0 Å². The smallest absolute Gasteiger partial charge is 0.270 e. The molecule has 1 amide bonds. The summed E-state index contributed by atoms with van der Waals surface area (Å²) in [4.78, 5) is 15.8. The van der Waals surface area contributed by atoms with Gasteiger partial charge in [0.05, 0.1) is 34.6 Å². The number of aryl methyl sites for hydroxylation is 1. The molecule has 1 aliphatic carbocycles. The molecule has 1 heterocycles. The van der Waals surface area contributed by atoms with Gasteiger partial charge in [-0.3, -0.25) is 9.78 Å². The van der Waals surface area contributed by atoms with Crippen molar-refractivity contribution < 1.29 is 22.4 Å². The second kappa shape index (κ2) is 7.03. The maximum absolute atomic E-state index is 14.3. The lowest BCUT2D eigenvalue weighted by molar-refractivity contribution is -0.128. The molecule has 0 saturated heterocycles. The number of aromatic nitrogens is 1. The van der Waals surface area contributed by atoms with Crippen LogP contribution in [0.4, 0.5) is 28.9 Å². The fourth-order valence-electron chi connectivity index (χ4n) is 3.62. The molecule has 1 aromatic heterocycles. The van der Waals surface area contributed by atoms with Gasteiger partial charge >= 0.3 is 0 Å². The second-order valence-electron chi connectivity index (χ2n) is 7.04. The molecule has 2 atom stereocenters. The van der Waals surface area contributed by atoms with Crippen molar-refractivity contribution in [2.45, 2.75) is 32.1 Å². The van der Waals surface area contributed by atoms with Crippen molar-refractivity contribution in [2.24, 2.45) is 5.41 Å². The van der Waals surface area contributed by atoms with Crippen molar-refractivity contribution >= 4 is 17.3 Å². The van der Waals surface area contributed by atoms with Crippen LogP contribution in [0.25, 0.3) is 0 Å². The molecule has 0 spiro atoms. The first-order valence-electron chi connectivity index (χ1n) is 8.74. The van der Waals surface area contributed by atoms with E-state index in [4.69, 9.17) is 5.26 Å². The Hall–Kier alpha value is -3.15. The quantitative estimate of drug-likeness (QED) is 0.721. The zero-order valence-corrected chi connectivity index (χ0v) is 15.9. The van der Waals surface area contributed by atoms with Gasteiger partial charge in [-0.05, 0) is 31.5 Å². The molecule has 3 rings (SSSR count). The van der Waals surface area contributed by atoms with E-state index in [1.54, 1.807) is 6.07 Å². The van der Waals surface area contributed by atoms with Crippen LogP contribution in [0.15, 0.2) is 30.5 Å². The zero-order chi connectivity index (χ0) is 21.6. The Kier molecular flexibility index (Phi) is 4.99. The summed E-state index contributed by atoms with van der Waals surface area (Å²) in [7, 11) is 1.30. The summed E-state index contributed by atoms with van der Waals surface area (Å²) < 4.78 is 55.5. The molecule has 152 valence electrons. The van der Waals surface area contributed by atoms with E-state index in [1.165, 1.54) is 51.4 Å². The third-order valence-electron chi connectivity index (χ3n) is 5.41. The minimum Gasteiger partial charge on any atom is -0.358 e. The third kappa shape index (κ3) is 3.09. The van der Waals surface area contributed by atoms with Crippen molar-refractivity contribution in [3.05, 3.63) is 52.8 Å². The van der Waals surface area contributed by atoms with Crippen LogP contribution in [0, 0.1) is 23.7 Å². The summed E-state index contributed by atoms with van der Waals surface area (Å²) in [5, 5.41) is 14.2. The van der Waals surface area contributed by atoms with Gasteiger partial charge in [-0.2, -0.15) is 5.26 Å². The highest BCUT2D eigenvalue weighted by Crippen LogP contribution is 2.71. The van der Waals surface area contributed by atoms with E-state index in [0.717, 1.165) is 0 Å². The Morgan fingerprint density at radius 1 is 1.28 bits per heavy atom. The van der Waals surface area contributed by atoms with E-state index in [1.807, 2.05) is 0 Å². The lowest BCUT2D eigenvalue weighted by Gasteiger charge is -2.14. The van der Waals surface area contributed by atoms with Gasteiger partial charge in [-0.25, -0.2) is 17.6 Å². The molecule has 2 aromatic rings. The highest BCUT2D eigenvalue weighted by atomic mass is 19.3. The standard InChI is InChI=1S/C20H18F4N4O/c1-10-13(8-25)15(17(21)22)14(9-27-10)28-12-6-4-11(5-7-12)16-19(2,18(29)26-3)20(16,23)24/h4-7,9,16-17,28H,1-3H3,(H,26,29). The van der Waals surface area contributed by atoms with E-state index in [9.17, 15) is 22.4 Å². The highest BCUT2D eigenvalue weighted by Gasteiger charge is 2.82. The first kappa shape index (κ1) is 20.6. The van der Waals surface area contributed by atoms with Crippen molar-refractivity contribution in [1.82, 2.24) is 10.3 Å². The van der Waals surface area contributed by atoms with Crippen LogP contribution in [0.2, 0.25) is 0 Å². The largest absolute Gasteiger partial charge is 0.358 e. The summed E-state index contributed by atoms with van der Waals surface area (Å²) in [6.07, 6.45) is -1.70. The van der Waals surface area contributed by atoms with Gasteiger partial charge in [0.15, 0.2) is 0 Å². The summed E-state index contributed by atoms with van der Waals surface area (Å²) in [5.74, 6) is -5.20. The molecule has 0 bridgehead atoms. The van der Waals surface area contributed by atoms with E-state index >= 15 is 0 Å². The number of nitriles is 1. The van der Waals surface area contributed by atoms with Gasteiger partial charge in [0.2, 0.25) is 5.91 Å². The number of alkyl halides is 4. The summed E-state index contributed by atoms with van der Waals surface area (Å²) >= 11 is 0. The Bertz CT molecular complexity index is 1000. The molecule has 1 saturated carbocycles. The molecule has 1 aliphatic rings. The van der Waals surface area contributed by atoms with Crippen LogP contribution in [0.1, 0.15) is 41.7 Å². The first-order chi connectivity index (χ1) is 13.6. The lowest BCUT2D eigenvalue weighted by Crippen LogP contribution is -2.31. The number of nitrogens with zero attached hydrogens (tertiary/aromatic N) is 2. The zero-order valence-electron chi connectivity index (χ0n) is 15.9. The van der Waals surface area contributed by atoms with Gasteiger partial charge in [-0.1, -0.05) is 12.1 Å². The molecule has 2 unspecified atom stereocenters. The van der Waals surface area contributed by atoms with Gasteiger partial charge in [0.1, 0.15) is 11.5 Å². The Balaban J connectivity index is 1.89. The fourth-order valence-corrected chi connectivity index (χ4v) is 3.62. The molecule has 0 aliphatic heterocycles. The van der Waals surface area contributed by atoms with Gasteiger partial charge in [-0.15, -0.1) is 0 Å². The number of anilines is 2. The van der Waals surface area contributed by atoms with E-state index in [0.29, 0.717) is 5.69 Å². The molecule has 2 N–H and O–H groups in total. The number of hydrogen-bond acceptors (Lipinski definition) is 4. The predicted octanol–water partition coefficient (Wildman–Crippen LogP) is 4.43. The first-order valence-corrected chi connectivity index (χ1v) is 8.74. The number of hydrogen-bond donors (Lipinski definition) is 2. The average molecular weight is 406 g/mol. The number of pyridine rings is 1. The second-order valence-corrected chi connectivity index (χ2v) is 7.04. The number of carbonyl (C=O) groups is 1. The van der Waals surface area contributed by atoms with Crippen molar-refractivity contribution in [3.63, 3.8) is 0 Å². The van der Waals surface area contributed by atoms with Crippen molar-refractivity contribution in [2.75, 3.05) is 12.4 Å². The average Bonchev–Trinajstić information content (AvgIpc) is 3.15. The molecule has 0 radical (unpaired) electrons. The third-order valence-corrected chi connectivity index (χ3v) is 5.41. The highest BCUT2D eigenvalue weighted by molar-refractivity contribution is 5.89. The Labute approximate surface area is 164 Å². The number of rotatable bonds is 5. The number of nitrogens with one attached hydrogen (secondary N) is 2. The summed E-state index contributed by atoms with van der Waals surface area (Å²) in [6.45, 7) is 2.67. The van der Waals surface area contributed by atoms with E-state index in [2.05, 4.69) is 15.6 Å². The van der Waals surface area contributed by atoms with Crippen LogP contribution in [-0.4, -0.2) is 23.9 Å². The minimum absolute atomic E-state index is 0.0400. The maximum Gasteiger partial charge on any atom is 0.270 e. The van der Waals surface area contributed by atoms with Crippen molar-refractivity contribution in [1.29, 1.82) is 5.26 Å². The Morgan fingerprint density at radius 2 is 1.90 bits per heavy atom. The lowest BCUT2D eigenvalue weighted by atomic mass is 10.00. The topological polar surface area (TPSA) is 77.8 Å². The van der Waals surface area contributed by atoms with E-state index in [-0.39, 0.29) is 22.5 Å². The molecule has 29 heavy (non-hydrogen) atoms. The molecular formula is C20H18F4N4O. The van der Waals surface area contributed by atoms with Gasteiger partial charge in [0, 0.05) is 12.7 Å². The number of amides is 1. The van der Waals surface area contributed by atoms with Crippen LogP contribution >= 0.6 is 0 Å². The molecule has 1 aromatic carbocycles. The summed E-state index contributed by atoms with van der Waals surface area (Å²) in [5.41, 5.74) is -1.74. The normalized spacial score (nSPS) is 22.1. The minimum atomic E-state index is -3.19. The molecule has 5 nitrogen and oxygen atoms in total. The monoisotopic (exact) mass is 406 g/mol. The maximum atomic E-state index is 14.3.